The predicted octanol–water partition coefficient (Wildman–Crippen LogP) is 3.08. The molecule has 1 atom stereocenters. The molecule has 0 amide bonds. The number of rotatable bonds is 5. The van der Waals surface area contributed by atoms with Crippen LogP contribution in [0.3, 0.4) is 0 Å². The van der Waals surface area contributed by atoms with Crippen LogP contribution in [0.15, 0.2) is 41.1 Å². The van der Waals surface area contributed by atoms with Gasteiger partial charge in [-0.2, -0.15) is 0 Å². The Morgan fingerprint density at radius 1 is 1.39 bits per heavy atom. The van der Waals surface area contributed by atoms with Gasteiger partial charge in [-0.3, -0.25) is 4.57 Å². The lowest BCUT2D eigenvalue weighted by molar-refractivity contribution is 0.190. The largest absolute Gasteiger partial charge is 0.383 e. The molecule has 1 aromatic carbocycles. The minimum Gasteiger partial charge on any atom is -0.383 e. The van der Waals surface area contributed by atoms with Crippen molar-refractivity contribution in [3.05, 3.63) is 41.1 Å². The molecule has 5 heteroatoms. The zero-order valence-corrected chi connectivity index (χ0v) is 12.0. The Hall–Kier alpha value is -1.33. The molecule has 1 aromatic heterocycles. The zero-order chi connectivity index (χ0) is 13.0. The van der Waals surface area contributed by atoms with Crippen LogP contribution in [0.2, 0.25) is 0 Å². The van der Waals surface area contributed by atoms with Crippen molar-refractivity contribution in [1.82, 2.24) is 9.55 Å². The van der Waals surface area contributed by atoms with E-state index in [4.69, 9.17) is 4.74 Å². The molecule has 1 unspecified atom stereocenters. The molecule has 0 saturated heterocycles. The number of hydrogen-bond donors (Lipinski definition) is 1. The fraction of sp³-hybridized carbons (Fsp3) is 0.308. The number of methoxy groups -OCH3 is 1. The lowest BCUT2D eigenvalue weighted by Crippen LogP contribution is -2.22. The van der Waals surface area contributed by atoms with Crippen LogP contribution in [-0.4, -0.2) is 29.3 Å². The molecule has 0 aliphatic carbocycles. The molecule has 96 valence electrons. The molecular weight excluding hydrogens is 294 g/mol. The van der Waals surface area contributed by atoms with Gasteiger partial charge in [-0.05, 0) is 31.2 Å². The predicted molar refractivity (Wildman–Crippen MR) is 76.2 cm³/mol. The number of anilines is 1. The second kappa shape index (κ2) is 6.02. The van der Waals surface area contributed by atoms with Gasteiger partial charge in [-0.1, -0.05) is 15.9 Å². The second-order valence-electron chi connectivity index (χ2n) is 4.10. The van der Waals surface area contributed by atoms with Crippen LogP contribution in [0.5, 0.6) is 0 Å². The summed E-state index contributed by atoms with van der Waals surface area (Å²) in [7, 11) is 1.69. The van der Waals surface area contributed by atoms with E-state index in [2.05, 4.69) is 33.2 Å². The molecular formula is C13H16BrN3O. The first-order chi connectivity index (χ1) is 8.70. The molecule has 1 N–H and O–H groups in total. The normalized spacial score (nSPS) is 12.4. The highest BCUT2D eigenvalue weighted by Gasteiger charge is 2.08. The summed E-state index contributed by atoms with van der Waals surface area (Å²) in [5.74, 6) is 0.821. The maximum absolute atomic E-state index is 5.11. The van der Waals surface area contributed by atoms with E-state index in [1.807, 2.05) is 35.0 Å². The van der Waals surface area contributed by atoms with E-state index in [1.165, 1.54) is 0 Å². The monoisotopic (exact) mass is 309 g/mol. The summed E-state index contributed by atoms with van der Waals surface area (Å²) < 4.78 is 8.18. The number of halogens is 1. The summed E-state index contributed by atoms with van der Waals surface area (Å²) in [5.41, 5.74) is 1.07. The maximum Gasteiger partial charge on any atom is 0.207 e. The van der Waals surface area contributed by atoms with Gasteiger partial charge in [0.2, 0.25) is 5.95 Å². The highest BCUT2D eigenvalue weighted by molar-refractivity contribution is 9.10. The van der Waals surface area contributed by atoms with Crippen LogP contribution in [-0.2, 0) is 4.74 Å². The van der Waals surface area contributed by atoms with Crippen molar-refractivity contribution in [2.75, 3.05) is 19.0 Å². The van der Waals surface area contributed by atoms with Crippen LogP contribution < -0.4 is 5.32 Å². The van der Waals surface area contributed by atoms with Gasteiger partial charge in [0, 0.05) is 35.7 Å². The number of hydrogen-bond acceptors (Lipinski definition) is 3. The van der Waals surface area contributed by atoms with Crippen LogP contribution in [0, 0.1) is 0 Å². The standard InChI is InChI=1S/C13H16BrN3O/c1-10(9-18-2)16-13-15-7-8-17(13)12-5-3-11(14)4-6-12/h3-8,10H,9H2,1-2H3,(H,15,16). The molecule has 0 spiro atoms. The first-order valence-electron chi connectivity index (χ1n) is 5.75. The third-order valence-electron chi connectivity index (χ3n) is 2.54. The number of aromatic nitrogens is 2. The number of nitrogens with one attached hydrogen (secondary N) is 1. The summed E-state index contributed by atoms with van der Waals surface area (Å²) in [6.07, 6.45) is 3.72. The van der Waals surface area contributed by atoms with Crippen LogP contribution in [0.1, 0.15) is 6.92 Å². The highest BCUT2D eigenvalue weighted by Crippen LogP contribution is 2.18. The number of benzene rings is 1. The molecule has 1 heterocycles. The average Bonchev–Trinajstić information content (AvgIpc) is 2.78. The number of ether oxygens (including phenoxy) is 1. The first kappa shape index (κ1) is 13.1. The summed E-state index contributed by atoms with van der Waals surface area (Å²) in [6, 6.07) is 8.32. The summed E-state index contributed by atoms with van der Waals surface area (Å²) in [5, 5.41) is 3.32. The van der Waals surface area contributed by atoms with E-state index >= 15 is 0 Å². The second-order valence-corrected chi connectivity index (χ2v) is 5.01. The Balaban J connectivity index is 2.19. The van der Waals surface area contributed by atoms with Crippen molar-refractivity contribution < 1.29 is 4.74 Å². The van der Waals surface area contributed by atoms with E-state index in [0.29, 0.717) is 6.61 Å². The van der Waals surface area contributed by atoms with Gasteiger partial charge in [-0.25, -0.2) is 4.98 Å². The lowest BCUT2D eigenvalue weighted by atomic mass is 10.3. The van der Waals surface area contributed by atoms with E-state index < -0.39 is 0 Å². The summed E-state index contributed by atoms with van der Waals surface area (Å²) in [4.78, 5) is 4.32. The number of imidazole rings is 1. The van der Waals surface area contributed by atoms with Gasteiger partial charge in [0.15, 0.2) is 0 Å². The minimum atomic E-state index is 0.214. The van der Waals surface area contributed by atoms with Crippen LogP contribution in [0.4, 0.5) is 5.95 Å². The molecule has 0 saturated carbocycles. The fourth-order valence-electron chi connectivity index (χ4n) is 1.73. The van der Waals surface area contributed by atoms with Crippen LogP contribution in [0.25, 0.3) is 5.69 Å². The molecule has 0 bridgehead atoms. The molecule has 18 heavy (non-hydrogen) atoms. The molecule has 0 fully saturated rings. The highest BCUT2D eigenvalue weighted by atomic mass is 79.9. The van der Waals surface area contributed by atoms with Crippen molar-refractivity contribution in [3.63, 3.8) is 0 Å². The van der Waals surface area contributed by atoms with Crippen molar-refractivity contribution in [2.24, 2.45) is 0 Å². The first-order valence-corrected chi connectivity index (χ1v) is 6.55. The van der Waals surface area contributed by atoms with Gasteiger partial charge in [0.05, 0.1) is 6.61 Å². The van der Waals surface area contributed by atoms with Gasteiger partial charge in [0.1, 0.15) is 0 Å². The minimum absolute atomic E-state index is 0.214. The van der Waals surface area contributed by atoms with Crippen molar-refractivity contribution in [2.45, 2.75) is 13.0 Å². The fourth-order valence-corrected chi connectivity index (χ4v) is 2.00. The quantitative estimate of drug-likeness (QED) is 0.922. The smallest absolute Gasteiger partial charge is 0.207 e. The Morgan fingerprint density at radius 2 is 2.11 bits per heavy atom. The molecule has 0 radical (unpaired) electrons. The van der Waals surface area contributed by atoms with E-state index in [9.17, 15) is 0 Å². The third-order valence-corrected chi connectivity index (χ3v) is 3.07. The molecule has 4 nitrogen and oxygen atoms in total. The van der Waals surface area contributed by atoms with E-state index in [-0.39, 0.29) is 6.04 Å². The van der Waals surface area contributed by atoms with Gasteiger partial charge in [0.25, 0.3) is 0 Å². The van der Waals surface area contributed by atoms with Gasteiger partial charge >= 0.3 is 0 Å². The summed E-state index contributed by atoms with van der Waals surface area (Å²) in [6.45, 7) is 2.71. The topological polar surface area (TPSA) is 39.1 Å². The van der Waals surface area contributed by atoms with Crippen molar-refractivity contribution >= 4 is 21.9 Å². The Bertz CT molecular complexity index is 495. The SMILES string of the molecule is COCC(C)Nc1nccn1-c1ccc(Br)cc1. The Labute approximate surface area is 115 Å². The van der Waals surface area contributed by atoms with Crippen molar-refractivity contribution in [3.8, 4) is 5.69 Å². The average molecular weight is 310 g/mol. The molecule has 2 rings (SSSR count). The van der Waals surface area contributed by atoms with Gasteiger partial charge < -0.3 is 10.1 Å². The zero-order valence-electron chi connectivity index (χ0n) is 10.4. The Morgan fingerprint density at radius 3 is 2.78 bits per heavy atom. The Kier molecular flexibility index (Phi) is 4.38. The lowest BCUT2D eigenvalue weighted by Gasteiger charge is -2.15. The summed E-state index contributed by atoms with van der Waals surface area (Å²) >= 11 is 3.43. The van der Waals surface area contributed by atoms with Crippen LogP contribution >= 0.6 is 15.9 Å². The van der Waals surface area contributed by atoms with E-state index in [1.54, 1.807) is 13.3 Å². The third kappa shape index (κ3) is 3.11. The number of nitrogens with zero attached hydrogens (tertiary/aromatic N) is 2. The molecule has 0 aliphatic heterocycles. The van der Waals surface area contributed by atoms with Crippen molar-refractivity contribution in [1.29, 1.82) is 0 Å². The van der Waals surface area contributed by atoms with Gasteiger partial charge in [-0.15, -0.1) is 0 Å². The molecule has 2 aromatic rings. The van der Waals surface area contributed by atoms with E-state index in [0.717, 1.165) is 16.1 Å². The maximum atomic E-state index is 5.11. The molecule has 0 aliphatic rings.